The van der Waals surface area contributed by atoms with Crippen LogP contribution in [0.1, 0.15) is 0 Å². The van der Waals surface area contributed by atoms with Crippen molar-refractivity contribution in [2.75, 3.05) is 69.7 Å². The Morgan fingerprint density at radius 3 is 2.74 bits per heavy atom. The van der Waals surface area contributed by atoms with Crippen LogP contribution in [0.3, 0.4) is 0 Å². The Hall–Kier alpha value is -4.12. The van der Waals surface area contributed by atoms with Crippen LogP contribution in [-0.2, 0) is 11.3 Å². The van der Waals surface area contributed by atoms with Crippen LogP contribution in [-0.4, -0.2) is 94.2 Å². The number of hydrogen-bond donors (Lipinski definition) is 2. The fourth-order valence-corrected chi connectivity index (χ4v) is 6.31. The number of furan rings is 1. The minimum absolute atomic E-state index is 0.0137. The molecule has 0 spiro atoms. The van der Waals surface area contributed by atoms with Gasteiger partial charge in [0.05, 0.1) is 31.2 Å². The Labute approximate surface area is 247 Å². The average Bonchev–Trinajstić information content (AvgIpc) is 3.76. The molecule has 4 aromatic heterocycles. The molecule has 3 N–H and O–H groups in total. The number of thiazole rings is 1. The van der Waals surface area contributed by atoms with Gasteiger partial charge in [-0.05, 0) is 12.1 Å². The van der Waals surface area contributed by atoms with E-state index in [4.69, 9.17) is 19.6 Å². The van der Waals surface area contributed by atoms with Gasteiger partial charge in [0.25, 0.3) is 0 Å². The molecular weight excluding hydrogens is 584 g/mol. The quantitative estimate of drug-likeness (QED) is 0.265. The molecule has 7 rings (SSSR count). The van der Waals surface area contributed by atoms with Gasteiger partial charge in [0.1, 0.15) is 17.1 Å². The van der Waals surface area contributed by atoms with Gasteiger partial charge in [0.2, 0.25) is 11.8 Å². The van der Waals surface area contributed by atoms with Crippen molar-refractivity contribution in [1.29, 1.82) is 0 Å². The first kappa shape index (κ1) is 27.7. The third kappa shape index (κ3) is 5.42. The minimum atomic E-state index is -0.736. The lowest BCUT2D eigenvalue weighted by atomic mass is 10.2. The number of nitrogens with two attached hydrogens (primary N) is 1. The number of hydrogen-bond acceptors (Lipinski definition) is 12. The van der Waals surface area contributed by atoms with E-state index in [1.807, 2.05) is 4.90 Å². The molecule has 13 nitrogen and oxygen atoms in total. The van der Waals surface area contributed by atoms with E-state index in [0.717, 1.165) is 17.4 Å². The zero-order chi connectivity index (χ0) is 29.5. The average molecular weight is 614 g/mol. The van der Waals surface area contributed by atoms with E-state index in [1.165, 1.54) is 16.8 Å². The molecule has 1 atom stereocenters. The number of nitrogen functional groups attached to an aromatic ring is 1. The predicted molar refractivity (Wildman–Crippen MR) is 156 cm³/mol. The highest BCUT2D eigenvalue weighted by molar-refractivity contribution is 7.17. The Bertz CT molecular complexity index is 1810. The molecule has 0 amide bonds. The minimum Gasteiger partial charge on any atom is -0.489 e. The van der Waals surface area contributed by atoms with Crippen molar-refractivity contribution in [2.45, 2.75) is 12.6 Å². The van der Waals surface area contributed by atoms with Crippen LogP contribution in [0.5, 0.6) is 5.75 Å². The molecule has 2 fully saturated rings. The molecule has 0 aliphatic carbocycles. The number of nitrogens with zero attached hydrogens (tertiary/aromatic N) is 7. The number of aromatic nitrogens is 5. The summed E-state index contributed by atoms with van der Waals surface area (Å²) in [4.78, 5) is 25.9. The molecule has 0 unspecified atom stereocenters. The second-order valence-corrected chi connectivity index (χ2v) is 11.4. The maximum atomic E-state index is 14.8. The summed E-state index contributed by atoms with van der Waals surface area (Å²) >= 11 is 1.04. The normalized spacial score (nSPS) is 18.2. The number of morpholine rings is 1. The van der Waals surface area contributed by atoms with Crippen LogP contribution in [0, 0.1) is 11.6 Å². The summed E-state index contributed by atoms with van der Waals surface area (Å²) in [6.45, 7) is 5.32. The maximum Gasteiger partial charge on any atom is 0.309 e. The Morgan fingerprint density at radius 1 is 1.12 bits per heavy atom. The Morgan fingerprint density at radius 2 is 1.98 bits per heavy atom. The van der Waals surface area contributed by atoms with Crippen LogP contribution in [0.15, 0.2) is 39.7 Å². The van der Waals surface area contributed by atoms with Gasteiger partial charge in [0.15, 0.2) is 28.6 Å². The van der Waals surface area contributed by atoms with Crippen LogP contribution in [0.25, 0.3) is 27.6 Å². The fraction of sp³-hybridized carbons (Fsp3) is 0.407. The van der Waals surface area contributed by atoms with E-state index < -0.39 is 11.6 Å². The van der Waals surface area contributed by atoms with E-state index in [0.29, 0.717) is 92.3 Å². The molecule has 0 saturated carbocycles. The van der Waals surface area contributed by atoms with Crippen molar-refractivity contribution in [3.8, 4) is 17.3 Å². The van der Waals surface area contributed by atoms with Gasteiger partial charge in [-0.25, -0.2) is 13.8 Å². The third-order valence-corrected chi connectivity index (χ3v) is 8.61. The van der Waals surface area contributed by atoms with Crippen molar-refractivity contribution in [1.82, 2.24) is 34.4 Å². The van der Waals surface area contributed by atoms with Gasteiger partial charge in [-0.1, -0.05) is 11.3 Å². The SMILES string of the molecule is Nc1nc2c(sc(=O)n2CCN2CCN(c3cc(OC[C@@H]4COCCN4)c(F)cc3F)CC2)c2nc(-c3ccco3)nn12. The summed E-state index contributed by atoms with van der Waals surface area (Å²) in [6, 6.07) is 5.73. The molecule has 2 aliphatic rings. The number of rotatable bonds is 8. The predicted octanol–water partition coefficient (Wildman–Crippen LogP) is 1.81. The third-order valence-electron chi connectivity index (χ3n) is 7.65. The molecule has 0 bridgehead atoms. The first-order valence-corrected chi connectivity index (χ1v) is 14.8. The van der Waals surface area contributed by atoms with Crippen molar-refractivity contribution in [3.05, 3.63) is 51.8 Å². The Balaban J connectivity index is 1.02. The number of anilines is 2. The topological polar surface area (TPSA) is 141 Å². The molecule has 1 aromatic carbocycles. The summed E-state index contributed by atoms with van der Waals surface area (Å²) in [5, 5.41) is 7.64. The molecule has 0 radical (unpaired) electrons. The number of halogens is 2. The highest BCUT2D eigenvalue weighted by atomic mass is 32.1. The van der Waals surface area contributed by atoms with Crippen LogP contribution < -0.4 is 25.6 Å². The van der Waals surface area contributed by atoms with Crippen LogP contribution >= 0.6 is 11.3 Å². The van der Waals surface area contributed by atoms with Gasteiger partial charge in [-0.2, -0.15) is 9.50 Å². The lowest BCUT2D eigenvalue weighted by Crippen LogP contribution is -2.47. The summed E-state index contributed by atoms with van der Waals surface area (Å²) in [6.07, 6.45) is 1.53. The molecule has 226 valence electrons. The van der Waals surface area contributed by atoms with Crippen LogP contribution in [0.4, 0.5) is 20.4 Å². The zero-order valence-corrected chi connectivity index (χ0v) is 23.9. The van der Waals surface area contributed by atoms with Gasteiger partial charge < -0.3 is 29.8 Å². The number of ether oxygens (including phenoxy) is 2. The van der Waals surface area contributed by atoms with Crippen molar-refractivity contribution in [2.24, 2.45) is 0 Å². The molecular formula is C27H29F2N9O4S. The number of fused-ring (bicyclic) bond motifs is 3. The number of benzene rings is 1. The van der Waals surface area contributed by atoms with Crippen molar-refractivity contribution < 1.29 is 22.7 Å². The second kappa shape index (κ2) is 11.5. The van der Waals surface area contributed by atoms with E-state index >= 15 is 0 Å². The number of nitrogens with one attached hydrogen (secondary N) is 1. The monoisotopic (exact) mass is 613 g/mol. The van der Waals surface area contributed by atoms with Gasteiger partial charge in [-0.15, -0.1) is 5.10 Å². The molecule has 2 saturated heterocycles. The number of piperazine rings is 1. The van der Waals surface area contributed by atoms with E-state index in [-0.39, 0.29) is 29.2 Å². The summed E-state index contributed by atoms with van der Waals surface area (Å²) in [5.41, 5.74) is 7.38. The van der Waals surface area contributed by atoms with Gasteiger partial charge in [-0.3, -0.25) is 14.3 Å². The van der Waals surface area contributed by atoms with E-state index in [1.54, 1.807) is 16.7 Å². The largest absolute Gasteiger partial charge is 0.489 e. The van der Waals surface area contributed by atoms with E-state index in [2.05, 4.69) is 25.3 Å². The molecule has 43 heavy (non-hydrogen) atoms. The molecule has 2 aliphatic heterocycles. The smallest absolute Gasteiger partial charge is 0.309 e. The summed E-state index contributed by atoms with van der Waals surface area (Å²) in [7, 11) is 0. The van der Waals surface area contributed by atoms with Crippen molar-refractivity contribution >= 4 is 39.0 Å². The zero-order valence-electron chi connectivity index (χ0n) is 23.0. The maximum absolute atomic E-state index is 14.8. The lowest BCUT2D eigenvalue weighted by molar-refractivity contribution is 0.0586. The highest BCUT2D eigenvalue weighted by Gasteiger charge is 2.24. The van der Waals surface area contributed by atoms with E-state index in [9.17, 15) is 13.6 Å². The second-order valence-electron chi connectivity index (χ2n) is 10.4. The Kier molecular flexibility index (Phi) is 7.42. The van der Waals surface area contributed by atoms with Crippen molar-refractivity contribution in [3.63, 3.8) is 0 Å². The van der Waals surface area contributed by atoms with Gasteiger partial charge in [0, 0.05) is 57.9 Å². The van der Waals surface area contributed by atoms with Gasteiger partial charge >= 0.3 is 4.87 Å². The standard InChI is InChI=1S/C27H29F2N9O4S/c28-17-12-18(29)21(42-15-16-14-40-11-3-31-16)13-19(17)36-7-4-35(5-8-36)6-9-37-24-22(43-27(37)39)25-32-23(20-2-1-10-41-20)34-38(25)26(30)33-24/h1-2,10,12-13,16,31H,3-9,11,14-15H2,(H2,30,33)/t16-/m0/s1. The molecule has 6 heterocycles. The summed E-state index contributed by atoms with van der Waals surface area (Å²) in [5.74, 6) is -0.408. The first-order valence-electron chi connectivity index (χ1n) is 13.9. The summed E-state index contributed by atoms with van der Waals surface area (Å²) < 4.78 is 49.4. The molecule has 16 heteroatoms. The fourth-order valence-electron chi connectivity index (χ4n) is 5.38. The lowest BCUT2D eigenvalue weighted by Gasteiger charge is -2.36. The first-order chi connectivity index (χ1) is 20.9. The highest BCUT2D eigenvalue weighted by Crippen LogP contribution is 2.30. The van der Waals surface area contributed by atoms with Crippen LogP contribution in [0.2, 0.25) is 0 Å². The molecule has 5 aromatic rings.